The van der Waals surface area contributed by atoms with Gasteiger partial charge in [0, 0.05) is 32.2 Å². The van der Waals surface area contributed by atoms with E-state index in [4.69, 9.17) is 10.5 Å². The van der Waals surface area contributed by atoms with Crippen molar-refractivity contribution in [2.24, 2.45) is 12.8 Å². The minimum absolute atomic E-state index is 0.0603. The van der Waals surface area contributed by atoms with E-state index in [-0.39, 0.29) is 12.1 Å². The molecular weight excluding hydrogens is 286 g/mol. The molecule has 22 heavy (non-hydrogen) atoms. The first-order valence-electron chi connectivity index (χ1n) is 7.43. The minimum Gasteiger partial charge on any atom is -0.444 e. The lowest BCUT2D eigenvalue weighted by Gasteiger charge is -2.40. The molecule has 1 atom stereocenters. The van der Waals surface area contributed by atoms with Gasteiger partial charge in [0.25, 0.3) is 0 Å². The lowest BCUT2D eigenvalue weighted by molar-refractivity contribution is 0.00316. The summed E-state index contributed by atoms with van der Waals surface area (Å²) < 4.78 is 5.42. The summed E-state index contributed by atoms with van der Waals surface area (Å²) in [5.41, 5.74) is 5.37. The van der Waals surface area contributed by atoms with Crippen LogP contribution in [0.4, 0.5) is 4.79 Å². The van der Waals surface area contributed by atoms with Gasteiger partial charge >= 0.3 is 6.09 Å². The summed E-state index contributed by atoms with van der Waals surface area (Å²) >= 11 is 0. The Balaban J connectivity index is 1.94. The molecule has 1 fully saturated rings. The molecule has 0 aromatic carbocycles. The van der Waals surface area contributed by atoms with Crippen LogP contribution in [-0.4, -0.2) is 73.9 Å². The molecule has 1 saturated heterocycles. The van der Waals surface area contributed by atoms with Crippen molar-refractivity contribution in [2.45, 2.75) is 39.0 Å². The van der Waals surface area contributed by atoms with Gasteiger partial charge in [-0.3, -0.25) is 4.90 Å². The Morgan fingerprint density at radius 2 is 2.14 bits per heavy atom. The van der Waals surface area contributed by atoms with Crippen molar-refractivity contribution in [1.29, 1.82) is 0 Å². The third-order valence-electron chi connectivity index (χ3n) is 3.42. The van der Waals surface area contributed by atoms with Crippen LogP contribution in [0, 0.1) is 0 Å². The van der Waals surface area contributed by atoms with Crippen molar-refractivity contribution in [3.8, 4) is 0 Å². The summed E-state index contributed by atoms with van der Waals surface area (Å²) in [6.45, 7) is 8.48. The van der Waals surface area contributed by atoms with Crippen LogP contribution in [0.3, 0.4) is 0 Å². The number of hydrogen-bond donors (Lipinski definition) is 1. The van der Waals surface area contributed by atoms with Crippen molar-refractivity contribution in [1.82, 2.24) is 30.0 Å². The summed E-state index contributed by atoms with van der Waals surface area (Å²) in [6, 6.07) is 0.0603. The predicted molar refractivity (Wildman–Crippen MR) is 79.9 cm³/mol. The van der Waals surface area contributed by atoms with Gasteiger partial charge in [0.15, 0.2) is 5.82 Å². The molecule has 1 amide bonds. The lowest BCUT2D eigenvalue weighted by atomic mass is 10.1. The fourth-order valence-electron chi connectivity index (χ4n) is 2.39. The SMILES string of the molecule is Cn1nnc(CN2CCN(C(=O)OC(C)(C)C)CC2CN)n1. The summed E-state index contributed by atoms with van der Waals surface area (Å²) in [7, 11) is 1.73. The average molecular weight is 311 g/mol. The number of tetrazole rings is 1. The highest BCUT2D eigenvalue weighted by atomic mass is 16.6. The number of rotatable bonds is 3. The zero-order valence-electron chi connectivity index (χ0n) is 13.7. The maximum atomic E-state index is 12.1. The van der Waals surface area contributed by atoms with Gasteiger partial charge in [0.05, 0.1) is 13.6 Å². The molecule has 1 aromatic heterocycles. The van der Waals surface area contributed by atoms with E-state index in [2.05, 4.69) is 20.3 Å². The number of nitrogens with zero attached hydrogens (tertiary/aromatic N) is 6. The summed E-state index contributed by atoms with van der Waals surface area (Å²) in [5.74, 6) is 0.659. The van der Waals surface area contributed by atoms with E-state index >= 15 is 0 Å². The number of piperazine rings is 1. The highest BCUT2D eigenvalue weighted by molar-refractivity contribution is 5.68. The van der Waals surface area contributed by atoms with Crippen molar-refractivity contribution in [2.75, 3.05) is 26.2 Å². The Kier molecular flexibility index (Phi) is 4.97. The van der Waals surface area contributed by atoms with Gasteiger partial charge in [-0.1, -0.05) is 0 Å². The molecule has 2 N–H and O–H groups in total. The number of aromatic nitrogens is 4. The van der Waals surface area contributed by atoms with Crippen LogP contribution in [0.1, 0.15) is 26.6 Å². The van der Waals surface area contributed by atoms with Crippen LogP contribution in [0.2, 0.25) is 0 Å². The highest BCUT2D eigenvalue weighted by Crippen LogP contribution is 2.15. The molecule has 9 heteroatoms. The van der Waals surface area contributed by atoms with Gasteiger partial charge in [0.2, 0.25) is 0 Å². The lowest BCUT2D eigenvalue weighted by Crippen LogP contribution is -2.57. The second-order valence-electron chi connectivity index (χ2n) is 6.48. The Morgan fingerprint density at radius 1 is 1.41 bits per heavy atom. The third-order valence-corrected chi connectivity index (χ3v) is 3.42. The Morgan fingerprint density at radius 3 is 2.68 bits per heavy atom. The number of hydrogen-bond acceptors (Lipinski definition) is 7. The monoisotopic (exact) mass is 311 g/mol. The van der Waals surface area contributed by atoms with E-state index in [1.54, 1.807) is 11.9 Å². The Bertz CT molecular complexity index is 511. The average Bonchev–Trinajstić information content (AvgIpc) is 2.82. The molecular formula is C13H25N7O2. The van der Waals surface area contributed by atoms with Gasteiger partial charge < -0.3 is 15.4 Å². The van der Waals surface area contributed by atoms with Gasteiger partial charge in [0.1, 0.15) is 5.60 Å². The topological polar surface area (TPSA) is 102 Å². The number of aryl methyl sites for hydroxylation is 1. The number of carbonyl (C=O) groups is 1. The number of amides is 1. The van der Waals surface area contributed by atoms with Crippen molar-refractivity contribution >= 4 is 6.09 Å². The molecule has 2 rings (SSSR count). The molecule has 1 aromatic rings. The summed E-state index contributed by atoms with van der Waals surface area (Å²) in [5, 5.41) is 12.0. The third kappa shape index (κ3) is 4.38. The van der Waals surface area contributed by atoms with E-state index in [0.717, 1.165) is 0 Å². The van der Waals surface area contributed by atoms with Crippen molar-refractivity contribution < 1.29 is 9.53 Å². The molecule has 1 unspecified atom stereocenters. The zero-order valence-corrected chi connectivity index (χ0v) is 13.7. The fourth-order valence-corrected chi connectivity index (χ4v) is 2.39. The molecule has 0 spiro atoms. The highest BCUT2D eigenvalue weighted by Gasteiger charge is 2.31. The van der Waals surface area contributed by atoms with Crippen LogP contribution in [0.5, 0.6) is 0 Å². The molecule has 124 valence electrons. The first kappa shape index (κ1) is 16.6. The first-order valence-corrected chi connectivity index (χ1v) is 7.43. The molecule has 1 aliphatic rings. The zero-order chi connectivity index (χ0) is 16.3. The standard InChI is InChI=1S/C13H25N7O2/c1-13(2,3)22-12(21)20-6-5-19(10(7-14)8-20)9-11-15-17-18(4)16-11/h10H,5-9,14H2,1-4H3. The molecule has 9 nitrogen and oxygen atoms in total. The predicted octanol–water partition coefficient (Wildman–Crippen LogP) is -0.410. The van der Waals surface area contributed by atoms with Gasteiger partial charge in [-0.15, -0.1) is 10.2 Å². The molecule has 0 saturated carbocycles. The molecule has 0 aliphatic carbocycles. The van der Waals surface area contributed by atoms with E-state index in [9.17, 15) is 4.79 Å². The number of ether oxygens (including phenoxy) is 1. The molecule has 1 aliphatic heterocycles. The maximum Gasteiger partial charge on any atom is 0.410 e. The molecule has 0 bridgehead atoms. The maximum absolute atomic E-state index is 12.1. The van der Waals surface area contributed by atoms with E-state index in [1.165, 1.54) is 4.80 Å². The van der Waals surface area contributed by atoms with E-state index in [0.29, 0.717) is 38.5 Å². The van der Waals surface area contributed by atoms with Gasteiger partial charge in [-0.2, -0.15) is 4.80 Å². The number of carbonyl (C=O) groups excluding carboxylic acids is 1. The molecule has 2 heterocycles. The van der Waals surface area contributed by atoms with Crippen molar-refractivity contribution in [3.05, 3.63) is 5.82 Å². The van der Waals surface area contributed by atoms with Crippen LogP contribution < -0.4 is 5.73 Å². The summed E-state index contributed by atoms with van der Waals surface area (Å²) in [4.78, 5) is 17.5. The van der Waals surface area contributed by atoms with Crippen LogP contribution in [-0.2, 0) is 18.3 Å². The van der Waals surface area contributed by atoms with Crippen molar-refractivity contribution in [3.63, 3.8) is 0 Å². The Labute approximate surface area is 130 Å². The van der Waals surface area contributed by atoms with Crippen LogP contribution in [0.15, 0.2) is 0 Å². The second-order valence-corrected chi connectivity index (χ2v) is 6.48. The van der Waals surface area contributed by atoms with Gasteiger partial charge in [-0.25, -0.2) is 4.79 Å². The van der Waals surface area contributed by atoms with Crippen LogP contribution >= 0.6 is 0 Å². The molecule has 0 radical (unpaired) electrons. The quantitative estimate of drug-likeness (QED) is 0.809. The van der Waals surface area contributed by atoms with Crippen LogP contribution in [0.25, 0.3) is 0 Å². The second kappa shape index (κ2) is 6.57. The minimum atomic E-state index is -0.490. The first-order chi connectivity index (χ1) is 10.3. The van der Waals surface area contributed by atoms with E-state index < -0.39 is 5.60 Å². The Hall–Kier alpha value is -1.74. The number of nitrogens with two attached hydrogens (primary N) is 1. The summed E-state index contributed by atoms with van der Waals surface area (Å²) in [6.07, 6.45) is -0.289. The normalized spacial score (nSPS) is 20.2. The smallest absolute Gasteiger partial charge is 0.410 e. The largest absolute Gasteiger partial charge is 0.444 e. The van der Waals surface area contributed by atoms with E-state index in [1.807, 2.05) is 20.8 Å². The van der Waals surface area contributed by atoms with Gasteiger partial charge in [-0.05, 0) is 26.0 Å². The fraction of sp³-hybridized carbons (Fsp3) is 0.846.